The van der Waals surface area contributed by atoms with Crippen molar-refractivity contribution < 1.29 is 14.3 Å². The zero-order valence-electron chi connectivity index (χ0n) is 15.1. The van der Waals surface area contributed by atoms with Gasteiger partial charge in [-0.1, -0.05) is 36.4 Å². The molecule has 1 fully saturated rings. The summed E-state index contributed by atoms with van der Waals surface area (Å²) in [6.07, 6.45) is 0.0304. The van der Waals surface area contributed by atoms with Gasteiger partial charge in [0.05, 0.1) is 25.4 Å². The van der Waals surface area contributed by atoms with Crippen LogP contribution in [0.25, 0.3) is 0 Å². The van der Waals surface area contributed by atoms with E-state index in [2.05, 4.69) is 35.2 Å². The van der Waals surface area contributed by atoms with Crippen molar-refractivity contribution in [3.63, 3.8) is 0 Å². The fourth-order valence-electron chi connectivity index (χ4n) is 3.39. The minimum absolute atomic E-state index is 0.0304. The number of hydrogen-bond donors (Lipinski definition) is 0. The van der Waals surface area contributed by atoms with Crippen LogP contribution >= 0.6 is 0 Å². The molecule has 2 aromatic carbocycles. The fourth-order valence-corrected chi connectivity index (χ4v) is 3.39. The Hall–Kier alpha value is -2.17. The second kappa shape index (κ2) is 7.81. The number of hydrogen-bond acceptors (Lipinski definition) is 4. The lowest BCUT2D eigenvalue weighted by molar-refractivity contribution is -0.0332. The first-order valence-corrected chi connectivity index (χ1v) is 8.66. The van der Waals surface area contributed by atoms with Crippen LogP contribution < -0.4 is 0 Å². The Morgan fingerprint density at radius 2 is 1.96 bits per heavy atom. The van der Waals surface area contributed by atoms with E-state index in [-0.39, 0.29) is 12.1 Å². The molecule has 3 rings (SSSR count). The molecule has 1 aliphatic rings. The van der Waals surface area contributed by atoms with Gasteiger partial charge in [0.2, 0.25) is 0 Å². The third-order valence-corrected chi connectivity index (χ3v) is 4.76. The number of morpholine rings is 1. The van der Waals surface area contributed by atoms with E-state index in [9.17, 15) is 4.79 Å². The van der Waals surface area contributed by atoms with Gasteiger partial charge in [-0.25, -0.2) is 4.79 Å². The number of carbonyl (C=O) groups excluding carboxylic acids is 1. The van der Waals surface area contributed by atoms with Crippen LogP contribution in [0.5, 0.6) is 0 Å². The zero-order valence-corrected chi connectivity index (χ0v) is 15.1. The molecule has 0 aromatic heterocycles. The molecule has 132 valence electrons. The van der Waals surface area contributed by atoms with E-state index in [1.54, 1.807) is 0 Å². The lowest BCUT2D eigenvalue weighted by Gasteiger charge is -2.34. The van der Waals surface area contributed by atoms with Gasteiger partial charge in [-0.15, -0.1) is 0 Å². The van der Waals surface area contributed by atoms with Crippen LogP contribution in [-0.4, -0.2) is 37.7 Å². The normalized spacial score (nSPS) is 18.1. The molecule has 0 bridgehead atoms. The summed E-state index contributed by atoms with van der Waals surface area (Å²) in [5, 5.41) is 0. The molecule has 4 nitrogen and oxygen atoms in total. The fraction of sp³-hybridized carbons (Fsp3) is 0.381. The minimum Gasteiger partial charge on any atom is -0.465 e. The summed E-state index contributed by atoms with van der Waals surface area (Å²) in [5.41, 5.74) is 5.09. The Bertz CT molecular complexity index is 742. The van der Waals surface area contributed by atoms with Crippen molar-refractivity contribution in [2.75, 3.05) is 26.8 Å². The lowest BCUT2D eigenvalue weighted by atomic mass is 9.95. The molecule has 0 unspecified atom stereocenters. The summed E-state index contributed by atoms with van der Waals surface area (Å²) in [6, 6.07) is 14.5. The molecular formula is C21H25NO3. The van der Waals surface area contributed by atoms with Crippen molar-refractivity contribution in [3.05, 3.63) is 70.3 Å². The van der Waals surface area contributed by atoms with Crippen molar-refractivity contribution in [3.8, 4) is 0 Å². The maximum Gasteiger partial charge on any atom is 0.338 e. The number of nitrogens with zero attached hydrogens (tertiary/aromatic N) is 1. The third-order valence-electron chi connectivity index (χ3n) is 4.76. The smallest absolute Gasteiger partial charge is 0.338 e. The number of carbonyl (C=O) groups is 1. The highest BCUT2D eigenvalue weighted by Gasteiger charge is 2.24. The molecule has 0 radical (unpaired) electrons. The summed E-state index contributed by atoms with van der Waals surface area (Å²) in [4.78, 5) is 14.3. The van der Waals surface area contributed by atoms with Crippen LogP contribution in [0, 0.1) is 13.8 Å². The van der Waals surface area contributed by atoms with Crippen LogP contribution in [0.15, 0.2) is 42.5 Å². The second-order valence-corrected chi connectivity index (χ2v) is 6.60. The predicted molar refractivity (Wildman–Crippen MR) is 97.7 cm³/mol. The Balaban J connectivity index is 1.77. The van der Waals surface area contributed by atoms with E-state index in [4.69, 9.17) is 9.47 Å². The molecular weight excluding hydrogens is 314 g/mol. The molecule has 4 heteroatoms. The van der Waals surface area contributed by atoms with Crippen molar-refractivity contribution in [2.24, 2.45) is 0 Å². The summed E-state index contributed by atoms with van der Waals surface area (Å²) in [5.74, 6) is -0.289. The highest BCUT2D eigenvalue weighted by atomic mass is 16.5. The average Bonchev–Trinajstić information content (AvgIpc) is 2.63. The van der Waals surface area contributed by atoms with Gasteiger partial charge in [0.1, 0.15) is 0 Å². The largest absolute Gasteiger partial charge is 0.465 e. The van der Waals surface area contributed by atoms with Crippen LogP contribution in [-0.2, 0) is 16.0 Å². The maximum atomic E-state index is 11.9. The second-order valence-electron chi connectivity index (χ2n) is 6.60. The van der Waals surface area contributed by atoms with Crippen molar-refractivity contribution >= 4 is 5.97 Å². The molecule has 1 atom stereocenters. The van der Waals surface area contributed by atoms with E-state index in [0.29, 0.717) is 5.56 Å². The monoisotopic (exact) mass is 339 g/mol. The van der Waals surface area contributed by atoms with Gasteiger partial charge in [0, 0.05) is 19.6 Å². The highest BCUT2D eigenvalue weighted by molar-refractivity contribution is 5.91. The van der Waals surface area contributed by atoms with Gasteiger partial charge >= 0.3 is 5.97 Å². The molecule has 0 saturated carbocycles. The van der Waals surface area contributed by atoms with Gasteiger partial charge in [-0.05, 0) is 42.2 Å². The average molecular weight is 339 g/mol. The highest BCUT2D eigenvalue weighted by Crippen LogP contribution is 2.28. The number of esters is 1. The Labute approximate surface area is 149 Å². The molecule has 1 heterocycles. The summed E-state index contributed by atoms with van der Waals surface area (Å²) in [6.45, 7) is 7.41. The Morgan fingerprint density at radius 1 is 1.20 bits per heavy atom. The first kappa shape index (κ1) is 17.6. The summed E-state index contributed by atoms with van der Waals surface area (Å²) in [7, 11) is 1.41. The molecule has 0 aliphatic carbocycles. The van der Waals surface area contributed by atoms with E-state index >= 15 is 0 Å². The van der Waals surface area contributed by atoms with Crippen molar-refractivity contribution in [1.82, 2.24) is 4.90 Å². The lowest BCUT2D eigenvalue weighted by Crippen LogP contribution is -2.38. The Kier molecular flexibility index (Phi) is 5.51. The minimum atomic E-state index is -0.289. The van der Waals surface area contributed by atoms with Crippen molar-refractivity contribution in [1.29, 1.82) is 0 Å². The molecule has 0 N–H and O–H groups in total. The van der Waals surface area contributed by atoms with Gasteiger partial charge in [-0.2, -0.15) is 0 Å². The van der Waals surface area contributed by atoms with Crippen LogP contribution in [0.4, 0.5) is 0 Å². The molecule has 0 amide bonds. The topological polar surface area (TPSA) is 38.8 Å². The van der Waals surface area contributed by atoms with Crippen LogP contribution in [0.1, 0.15) is 38.7 Å². The molecule has 1 aliphatic heterocycles. The Morgan fingerprint density at radius 3 is 2.68 bits per heavy atom. The van der Waals surface area contributed by atoms with Gasteiger partial charge in [0.15, 0.2) is 0 Å². The quantitative estimate of drug-likeness (QED) is 0.797. The van der Waals surface area contributed by atoms with E-state index in [1.165, 1.54) is 12.7 Å². The number of ether oxygens (including phenoxy) is 2. The van der Waals surface area contributed by atoms with E-state index < -0.39 is 0 Å². The number of rotatable bonds is 4. The number of methoxy groups -OCH3 is 1. The predicted octanol–water partition coefficient (Wildman–Crippen LogP) is 3.66. The number of aryl methyl sites for hydroxylation is 2. The van der Waals surface area contributed by atoms with Gasteiger partial charge < -0.3 is 9.47 Å². The summed E-state index contributed by atoms with van der Waals surface area (Å²) < 4.78 is 10.9. The molecule has 2 aromatic rings. The molecule has 0 spiro atoms. The maximum absolute atomic E-state index is 11.9. The van der Waals surface area contributed by atoms with Crippen LogP contribution in [0.2, 0.25) is 0 Å². The zero-order chi connectivity index (χ0) is 17.8. The first-order valence-electron chi connectivity index (χ1n) is 8.66. The SMILES string of the molecule is COC(=O)c1cc(C)c([C@@H]2CN(Cc3ccccc3)CCO2)cc1C. The molecule has 1 saturated heterocycles. The van der Waals surface area contributed by atoms with Crippen molar-refractivity contribution in [2.45, 2.75) is 26.5 Å². The summed E-state index contributed by atoms with van der Waals surface area (Å²) >= 11 is 0. The van der Waals surface area contributed by atoms with E-state index in [1.807, 2.05) is 26.0 Å². The van der Waals surface area contributed by atoms with E-state index in [0.717, 1.165) is 42.9 Å². The third kappa shape index (κ3) is 4.09. The van der Waals surface area contributed by atoms with Gasteiger partial charge in [0.25, 0.3) is 0 Å². The first-order chi connectivity index (χ1) is 12.1. The standard InChI is InChI=1S/C21H25NO3/c1-15-12-19(21(23)24-3)16(2)11-18(15)20-14-22(9-10-25-20)13-17-7-5-4-6-8-17/h4-8,11-12,20H,9-10,13-14H2,1-3H3/t20-/m0/s1. The van der Waals surface area contributed by atoms with Gasteiger partial charge in [-0.3, -0.25) is 4.90 Å². The van der Waals surface area contributed by atoms with Crippen LogP contribution in [0.3, 0.4) is 0 Å². The number of benzene rings is 2. The molecule has 25 heavy (non-hydrogen) atoms.